The molecule has 1 aliphatic rings. The van der Waals surface area contributed by atoms with Crippen molar-refractivity contribution in [3.05, 3.63) is 0 Å². The maximum absolute atomic E-state index is 12.0. The molecule has 0 spiro atoms. The van der Waals surface area contributed by atoms with Crippen LogP contribution >= 0.6 is 0 Å². The molecule has 0 bridgehead atoms. The molecule has 17 heavy (non-hydrogen) atoms. The minimum atomic E-state index is -0.965. The van der Waals surface area contributed by atoms with Gasteiger partial charge >= 0.3 is 5.97 Å². The number of carbonyl (C=O) groups is 2. The molecule has 0 aromatic carbocycles. The zero-order valence-corrected chi connectivity index (χ0v) is 10.5. The van der Waals surface area contributed by atoms with Crippen LogP contribution in [0.4, 0.5) is 0 Å². The first kappa shape index (κ1) is 14.0. The van der Waals surface area contributed by atoms with Crippen LogP contribution in [-0.4, -0.2) is 36.2 Å². The summed E-state index contributed by atoms with van der Waals surface area (Å²) in [7, 11) is 0. The molecule has 2 N–H and O–H groups in total. The highest BCUT2D eigenvalue weighted by molar-refractivity contribution is 5.89. The van der Waals surface area contributed by atoms with Crippen molar-refractivity contribution in [1.82, 2.24) is 5.32 Å². The molecule has 1 atom stereocenters. The maximum atomic E-state index is 12.0. The third-order valence-electron chi connectivity index (χ3n) is 3.10. The molecule has 1 rings (SSSR count). The Labute approximate surface area is 102 Å². The van der Waals surface area contributed by atoms with Gasteiger partial charge in [0.1, 0.15) is 6.04 Å². The number of hydrogen-bond acceptors (Lipinski definition) is 3. The van der Waals surface area contributed by atoms with Gasteiger partial charge in [-0.25, -0.2) is 4.79 Å². The number of hydrogen-bond donors (Lipinski definition) is 2. The first-order valence-electron chi connectivity index (χ1n) is 6.17. The molecule has 1 fully saturated rings. The van der Waals surface area contributed by atoms with Gasteiger partial charge in [-0.1, -0.05) is 13.3 Å². The maximum Gasteiger partial charge on any atom is 0.326 e. The minimum absolute atomic E-state index is 0.174. The summed E-state index contributed by atoms with van der Waals surface area (Å²) in [6.07, 6.45) is 2.77. The van der Waals surface area contributed by atoms with Crippen molar-refractivity contribution in [1.29, 1.82) is 0 Å². The lowest BCUT2D eigenvalue weighted by Gasteiger charge is -2.19. The van der Waals surface area contributed by atoms with Crippen molar-refractivity contribution in [2.24, 2.45) is 5.41 Å². The predicted octanol–water partition coefficient (Wildman–Crippen LogP) is 1.17. The van der Waals surface area contributed by atoms with Crippen LogP contribution in [0, 0.1) is 5.41 Å². The van der Waals surface area contributed by atoms with Crippen LogP contribution in [0.3, 0.4) is 0 Å². The van der Waals surface area contributed by atoms with E-state index in [9.17, 15) is 9.59 Å². The van der Waals surface area contributed by atoms with E-state index in [2.05, 4.69) is 5.32 Å². The molecule has 0 aromatic rings. The van der Waals surface area contributed by atoms with Crippen molar-refractivity contribution >= 4 is 11.9 Å². The molecule has 1 saturated carbocycles. The fourth-order valence-corrected chi connectivity index (χ4v) is 1.74. The second-order valence-corrected chi connectivity index (χ2v) is 4.57. The van der Waals surface area contributed by atoms with Gasteiger partial charge in [0.05, 0.1) is 12.0 Å². The summed E-state index contributed by atoms with van der Waals surface area (Å²) in [5.74, 6) is -1.14. The van der Waals surface area contributed by atoms with Crippen molar-refractivity contribution in [3.8, 4) is 0 Å². The van der Waals surface area contributed by atoms with Crippen LogP contribution in [0.1, 0.15) is 39.5 Å². The van der Waals surface area contributed by atoms with Crippen LogP contribution in [0.25, 0.3) is 0 Å². The zero-order chi connectivity index (χ0) is 12.9. The standard InChI is InChI=1S/C12H21NO4/c1-3-5-9(10(14)15)13-11(16)12(6-7-12)8-17-4-2/h9H,3-8H2,1-2H3,(H,13,16)(H,14,15). The van der Waals surface area contributed by atoms with E-state index in [1.54, 1.807) is 0 Å². The van der Waals surface area contributed by atoms with Crippen molar-refractivity contribution < 1.29 is 19.4 Å². The highest BCUT2D eigenvalue weighted by atomic mass is 16.5. The zero-order valence-electron chi connectivity index (χ0n) is 10.5. The molecule has 5 heteroatoms. The molecule has 5 nitrogen and oxygen atoms in total. The first-order chi connectivity index (χ1) is 8.05. The van der Waals surface area contributed by atoms with E-state index in [0.717, 1.165) is 19.3 Å². The molecular formula is C12H21NO4. The van der Waals surface area contributed by atoms with E-state index in [4.69, 9.17) is 9.84 Å². The Bertz CT molecular complexity index is 286. The molecule has 0 aliphatic heterocycles. The van der Waals surface area contributed by atoms with Crippen LogP contribution in [-0.2, 0) is 14.3 Å². The summed E-state index contributed by atoms with van der Waals surface area (Å²) in [5, 5.41) is 11.6. The number of carbonyl (C=O) groups excluding carboxylic acids is 1. The Kier molecular flexibility index (Phi) is 4.93. The van der Waals surface area contributed by atoms with Gasteiger partial charge in [-0.15, -0.1) is 0 Å². The summed E-state index contributed by atoms with van der Waals surface area (Å²) in [6.45, 7) is 4.75. The summed E-state index contributed by atoms with van der Waals surface area (Å²) in [6, 6.07) is -0.772. The van der Waals surface area contributed by atoms with Gasteiger partial charge in [0, 0.05) is 6.61 Å². The van der Waals surface area contributed by atoms with Gasteiger partial charge in [-0.05, 0) is 26.2 Å². The molecule has 98 valence electrons. The Morgan fingerprint density at radius 2 is 2.06 bits per heavy atom. The lowest BCUT2D eigenvalue weighted by atomic mass is 10.1. The molecule has 0 radical (unpaired) electrons. The van der Waals surface area contributed by atoms with E-state index >= 15 is 0 Å². The average Bonchev–Trinajstić information content (AvgIpc) is 3.06. The Hall–Kier alpha value is -1.10. The molecule has 1 aliphatic carbocycles. The van der Waals surface area contributed by atoms with Crippen LogP contribution < -0.4 is 5.32 Å². The van der Waals surface area contributed by atoms with E-state index < -0.39 is 17.4 Å². The summed E-state index contributed by atoms with van der Waals surface area (Å²) >= 11 is 0. The number of nitrogens with one attached hydrogen (secondary N) is 1. The SMILES string of the molecule is CCCC(NC(=O)C1(COCC)CC1)C(=O)O. The smallest absolute Gasteiger partial charge is 0.326 e. The Morgan fingerprint density at radius 1 is 1.41 bits per heavy atom. The molecule has 0 heterocycles. The first-order valence-corrected chi connectivity index (χ1v) is 6.17. The van der Waals surface area contributed by atoms with E-state index in [0.29, 0.717) is 19.6 Å². The van der Waals surface area contributed by atoms with Gasteiger partial charge in [-0.3, -0.25) is 4.79 Å². The number of ether oxygens (including phenoxy) is 1. The largest absolute Gasteiger partial charge is 0.480 e. The highest BCUT2D eigenvalue weighted by Gasteiger charge is 2.50. The Balaban J connectivity index is 2.49. The van der Waals surface area contributed by atoms with E-state index in [1.165, 1.54) is 0 Å². The third-order valence-corrected chi connectivity index (χ3v) is 3.10. The molecule has 0 aromatic heterocycles. The minimum Gasteiger partial charge on any atom is -0.480 e. The van der Waals surface area contributed by atoms with Gasteiger partial charge in [0.25, 0.3) is 0 Å². The Morgan fingerprint density at radius 3 is 2.47 bits per heavy atom. The fraction of sp³-hybridized carbons (Fsp3) is 0.833. The topological polar surface area (TPSA) is 75.6 Å². The van der Waals surface area contributed by atoms with Crippen LogP contribution in [0.5, 0.6) is 0 Å². The van der Waals surface area contributed by atoms with Gasteiger partial charge in [-0.2, -0.15) is 0 Å². The molecule has 0 saturated heterocycles. The number of carboxylic acid groups (broad SMARTS) is 1. The second-order valence-electron chi connectivity index (χ2n) is 4.57. The van der Waals surface area contributed by atoms with E-state index in [-0.39, 0.29) is 5.91 Å². The molecule has 1 unspecified atom stereocenters. The van der Waals surface area contributed by atoms with Gasteiger partial charge in [0.15, 0.2) is 0 Å². The van der Waals surface area contributed by atoms with Gasteiger partial charge < -0.3 is 15.2 Å². The number of amides is 1. The number of carboxylic acids is 1. The quantitative estimate of drug-likeness (QED) is 0.671. The van der Waals surface area contributed by atoms with Crippen molar-refractivity contribution in [2.75, 3.05) is 13.2 Å². The highest BCUT2D eigenvalue weighted by Crippen LogP contribution is 2.46. The van der Waals surface area contributed by atoms with Crippen molar-refractivity contribution in [3.63, 3.8) is 0 Å². The molecule has 1 amide bonds. The van der Waals surface area contributed by atoms with Crippen molar-refractivity contribution in [2.45, 2.75) is 45.6 Å². The molecular weight excluding hydrogens is 222 g/mol. The summed E-state index contributed by atoms with van der Waals surface area (Å²) in [5.41, 5.74) is -0.461. The normalized spacial score (nSPS) is 18.5. The van der Waals surface area contributed by atoms with Crippen LogP contribution in [0.2, 0.25) is 0 Å². The summed E-state index contributed by atoms with van der Waals surface area (Å²) < 4.78 is 5.28. The monoisotopic (exact) mass is 243 g/mol. The van der Waals surface area contributed by atoms with E-state index in [1.807, 2.05) is 13.8 Å². The lowest BCUT2D eigenvalue weighted by molar-refractivity contribution is -0.143. The summed E-state index contributed by atoms with van der Waals surface area (Å²) in [4.78, 5) is 22.9. The predicted molar refractivity (Wildman–Crippen MR) is 62.6 cm³/mol. The van der Waals surface area contributed by atoms with Crippen LogP contribution in [0.15, 0.2) is 0 Å². The second kappa shape index (κ2) is 6.00. The average molecular weight is 243 g/mol. The fourth-order valence-electron chi connectivity index (χ4n) is 1.74. The number of aliphatic carboxylic acids is 1. The third kappa shape index (κ3) is 3.70. The van der Waals surface area contributed by atoms with Gasteiger partial charge in [0.2, 0.25) is 5.91 Å². The lowest BCUT2D eigenvalue weighted by Crippen LogP contribution is -2.45. The number of rotatable bonds is 8.